The summed E-state index contributed by atoms with van der Waals surface area (Å²) in [5.74, 6) is 1.68. The monoisotopic (exact) mass is 321 g/mol. The summed E-state index contributed by atoms with van der Waals surface area (Å²) >= 11 is 0. The molecule has 1 N–H and O–H groups in total. The molecule has 0 bridgehead atoms. The molecule has 0 aliphatic carbocycles. The topological polar surface area (TPSA) is 68.5 Å². The van der Waals surface area contributed by atoms with Crippen molar-refractivity contribution in [2.24, 2.45) is 0 Å². The molecule has 5 nitrogen and oxygen atoms in total. The van der Waals surface area contributed by atoms with Crippen LogP contribution in [0.3, 0.4) is 0 Å². The van der Waals surface area contributed by atoms with Crippen molar-refractivity contribution in [3.05, 3.63) is 54.0 Å². The fourth-order valence-electron chi connectivity index (χ4n) is 1.83. The molecule has 0 saturated carbocycles. The van der Waals surface area contributed by atoms with Crippen LogP contribution in [0.25, 0.3) is 0 Å². The molecule has 1 aromatic carbocycles. The molecule has 6 heteroatoms. The summed E-state index contributed by atoms with van der Waals surface area (Å²) in [6.45, 7) is 2.46. The lowest BCUT2D eigenvalue weighted by atomic mass is 10.2. The van der Waals surface area contributed by atoms with Gasteiger partial charge in [0, 0.05) is 34.4 Å². The van der Waals surface area contributed by atoms with Gasteiger partial charge < -0.3 is 14.5 Å². The number of hydrogen-bond donors (Lipinski definition) is 1. The van der Waals surface area contributed by atoms with E-state index < -0.39 is 10.8 Å². The van der Waals surface area contributed by atoms with Crippen LogP contribution in [-0.2, 0) is 17.4 Å². The molecule has 2 rings (SSSR count). The molecule has 0 saturated heterocycles. The van der Waals surface area contributed by atoms with E-state index in [9.17, 15) is 9.00 Å². The van der Waals surface area contributed by atoms with Crippen LogP contribution in [0, 0.1) is 0 Å². The summed E-state index contributed by atoms with van der Waals surface area (Å²) in [4.78, 5) is 12.0. The van der Waals surface area contributed by atoms with Gasteiger partial charge in [-0.2, -0.15) is 0 Å². The third-order valence-electron chi connectivity index (χ3n) is 3.03. The minimum absolute atomic E-state index is 0.234. The number of furan rings is 1. The smallest absolute Gasteiger partial charge is 0.287 e. The number of ether oxygens (including phenoxy) is 1. The second-order valence-electron chi connectivity index (χ2n) is 4.57. The number of rotatable bonds is 8. The second-order valence-corrected chi connectivity index (χ2v) is 6.43. The zero-order valence-corrected chi connectivity index (χ0v) is 13.2. The van der Waals surface area contributed by atoms with E-state index in [1.807, 2.05) is 37.3 Å². The molecule has 1 unspecified atom stereocenters. The predicted octanol–water partition coefficient (Wildman–Crippen LogP) is 2.36. The first-order valence-electron chi connectivity index (χ1n) is 7.08. The van der Waals surface area contributed by atoms with Gasteiger partial charge in [0.15, 0.2) is 5.76 Å². The third kappa shape index (κ3) is 4.73. The fraction of sp³-hybridized carbons (Fsp3) is 0.312. The lowest BCUT2D eigenvalue weighted by Crippen LogP contribution is -2.28. The maximum atomic E-state index is 12.0. The van der Waals surface area contributed by atoms with Crippen LogP contribution >= 0.6 is 0 Å². The Morgan fingerprint density at radius 2 is 2.05 bits per heavy atom. The molecule has 2 aromatic rings. The number of benzene rings is 1. The van der Waals surface area contributed by atoms with Gasteiger partial charge >= 0.3 is 0 Å². The molecule has 0 spiro atoms. The molecule has 0 aliphatic rings. The van der Waals surface area contributed by atoms with Crippen molar-refractivity contribution in [3.63, 3.8) is 0 Å². The molecule has 1 atom stereocenters. The van der Waals surface area contributed by atoms with Gasteiger partial charge in [-0.3, -0.25) is 9.00 Å². The molecule has 1 aromatic heterocycles. The summed E-state index contributed by atoms with van der Waals surface area (Å²) in [5, 5.41) is 2.71. The maximum absolute atomic E-state index is 12.0. The highest BCUT2D eigenvalue weighted by molar-refractivity contribution is 7.84. The number of nitrogens with one attached hydrogen (secondary N) is 1. The first kappa shape index (κ1) is 16.3. The van der Waals surface area contributed by atoms with Crippen molar-refractivity contribution < 1.29 is 18.2 Å². The highest BCUT2D eigenvalue weighted by Gasteiger charge is 2.15. The van der Waals surface area contributed by atoms with Crippen LogP contribution in [0.4, 0.5) is 0 Å². The minimum atomic E-state index is -0.894. The Kier molecular flexibility index (Phi) is 6.21. The number of carbonyl (C=O) groups is 1. The van der Waals surface area contributed by atoms with E-state index in [0.717, 1.165) is 5.75 Å². The molecule has 1 heterocycles. The zero-order valence-electron chi connectivity index (χ0n) is 12.4. The summed E-state index contributed by atoms with van der Waals surface area (Å²) in [6, 6.07) is 11.1. The van der Waals surface area contributed by atoms with Gasteiger partial charge in [-0.25, -0.2) is 0 Å². The Hall–Kier alpha value is -2.08. The molecular weight excluding hydrogens is 302 g/mol. The number of para-hydroxylation sites is 1. The van der Waals surface area contributed by atoms with E-state index >= 15 is 0 Å². The molecular formula is C16H19NO4S. The van der Waals surface area contributed by atoms with Gasteiger partial charge in [-0.1, -0.05) is 25.1 Å². The van der Waals surface area contributed by atoms with E-state index in [0.29, 0.717) is 23.6 Å². The van der Waals surface area contributed by atoms with Gasteiger partial charge in [0.2, 0.25) is 0 Å². The highest BCUT2D eigenvalue weighted by atomic mass is 32.2. The lowest BCUT2D eigenvalue weighted by Gasteiger charge is -2.07. The third-order valence-corrected chi connectivity index (χ3v) is 4.33. The quantitative estimate of drug-likeness (QED) is 0.810. The Morgan fingerprint density at radius 1 is 1.27 bits per heavy atom. The van der Waals surface area contributed by atoms with Crippen LogP contribution in [-0.4, -0.2) is 28.2 Å². The van der Waals surface area contributed by atoms with E-state index in [1.54, 1.807) is 6.07 Å². The number of hydrogen-bond acceptors (Lipinski definition) is 4. The second kappa shape index (κ2) is 8.38. The fourth-order valence-corrected chi connectivity index (χ4v) is 2.45. The number of amides is 1. The molecule has 118 valence electrons. The van der Waals surface area contributed by atoms with Crippen molar-refractivity contribution in [1.82, 2.24) is 5.32 Å². The van der Waals surface area contributed by atoms with Gasteiger partial charge in [-0.15, -0.1) is 0 Å². The summed E-state index contributed by atoms with van der Waals surface area (Å²) in [5.41, 5.74) is 0.679. The molecule has 1 amide bonds. The van der Waals surface area contributed by atoms with Crippen molar-refractivity contribution in [1.29, 1.82) is 0 Å². The van der Waals surface area contributed by atoms with Gasteiger partial charge in [0.25, 0.3) is 5.91 Å². The Balaban J connectivity index is 1.88. The molecule has 0 radical (unpaired) electrons. The molecule has 0 aliphatic heterocycles. The van der Waals surface area contributed by atoms with Crippen LogP contribution in [0.15, 0.2) is 47.1 Å². The minimum Gasteiger partial charge on any atom is -0.489 e. The van der Waals surface area contributed by atoms with Crippen LogP contribution < -0.4 is 10.1 Å². The van der Waals surface area contributed by atoms with Crippen molar-refractivity contribution in [3.8, 4) is 5.75 Å². The summed E-state index contributed by atoms with van der Waals surface area (Å²) < 4.78 is 22.2. The van der Waals surface area contributed by atoms with Gasteiger partial charge in [0.1, 0.15) is 12.4 Å². The van der Waals surface area contributed by atoms with Crippen LogP contribution in [0.5, 0.6) is 5.75 Å². The van der Waals surface area contributed by atoms with E-state index in [1.165, 1.54) is 6.26 Å². The van der Waals surface area contributed by atoms with Crippen molar-refractivity contribution >= 4 is 16.7 Å². The van der Waals surface area contributed by atoms with E-state index in [-0.39, 0.29) is 18.3 Å². The Bertz CT molecular complexity index is 624. The maximum Gasteiger partial charge on any atom is 0.287 e. The predicted molar refractivity (Wildman–Crippen MR) is 85.4 cm³/mol. The van der Waals surface area contributed by atoms with Crippen molar-refractivity contribution in [2.45, 2.75) is 13.5 Å². The van der Waals surface area contributed by atoms with Crippen LogP contribution in [0.2, 0.25) is 0 Å². The lowest BCUT2D eigenvalue weighted by molar-refractivity contribution is 0.0925. The number of carbonyl (C=O) groups excluding carboxylic acids is 1. The average molecular weight is 321 g/mol. The van der Waals surface area contributed by atoms with Gasteiger partial charge in [0.05, 0.1) is 6.26 Å². The van der Waals surface area contributed by atoms with Crippen molar-refractivity contribution in [2.75, 3.05) is 18.1 Å². The normalized spacial score (nSPS) is 11.9. The van der Waals surface area contributed by atoms with Crippen LogP contribution in [0.1, 0.15) is 23.0 Å². The van der Waals surface area contributed by atoms with Gasteiger partial charge in [-0.05, 0) is 18.2 Å². The SMILES string of the molecule is CCS(=O)CCNC(=O)c1occc1COc1ccccc1. The van der Waals surface area contributed by atoms with E-state index in [2.05, 4.69) is 5.32 Å². The summed E-state index contributed by atoms with van der Waals surface area (Å²) in [7, 11) is -0.894. The first-order valence-corrected chi connectivity index (χ1v) is 8.57. The largest absolute Gasteiger partial charge is 0.489 e. The zero-order chi connectivity index (χ0) is 15.8. The Morgan fingerprint density at radius 3 is 2.77 bits per heavy atom. The molecule has 0 fully saturated rings. The summed E-state index contributed by atoms with van der Waals surface area (Å²) in [6.07, 6.45) is 1.46. The van der Waals surface area contributed by atoms with E-state index in [4.69, 9.17) is 9.15 Å². The average Bonchev–Trinajstić information content (AvgIpc) is 3.02. The Labute approximate surface area is 132 Å². The molecule has 22 heavy (non-hydrogen) atoms. The highest BCUT2D eigenvalue weighted by Crippen LogP contribution is 2.15. The standard InChI is InChI=1S/C16H19NO4S/c1-2-22(19)11-9-17-16(18)15-13(8-10-20-15)12-21-14-6-4-3-5-7-14/h3-8,10H,2,9,11-12H2,1H3,(H,17,18). The first-order chi connectivity index (χ1) is 10.7.